The van der Waals surface area contributed by atoms with Gasteiger partial charge in [-0.25, -0.2) is 4.79 Å². The molecule has 0 saturated carbocycles. The van der Waals surface area contributed by atoms with E-state index in [0.29, 0.717) is 10.5 Å². The number of hydrogen-bond acceptors (Lipinski definition) is 4. The van der Waals surface area contributed by atoms with Gasteiger partial charge >= 0.3 is 5.63 Å². The number of para-hydroxylation sites is 1. The van der Waals surface area contributed by atoms with E-state index in [2.05, 4.69) is 4.72 Å². The summed E-state index contributed by atoms with van der Waals surface area (Å²) in [5.74, 6) is 0. The lowest BCUT2D eigenvalue weighted by Crippen LogP contribution is -2.04. The zero-order valence-electron chi connectivity index (χ0n) is 7.61. The van der Waals surface area contributed by atoms with Crippen LogP contribution in [0.25, 0.3) is 11.0 Å². The van der Waals surface area contributed by atoms with Gasteiger partial charge in [-0.3, -0.25) is 4.72 Å². The quantitative estimate of drug-likeness (QED) is 0.604. The molecule has 0 unspecified atom stereocenters. The molecular weight excluding hydrogens is 198 g/mol. The van der Waals surface area contributed by atoms with Crippen LogP contribution in [0, 0.1) is 0 Å². The Balaban J connectivity index is 2.65. The van der Waals surface area contributed by atoms with Crippen molar-refractivity contribution in [3.05, 3.63) is 40.8 Å². The van der Waals surface area contributed by atoms with E-state index in [0.717, 1.165) is 5.39 Å². The summed E-state index contributed by atoms with van der Waals surface area (Å²) in [4.78, 5) is 12.0. The Hall–Kier alpha value is -1.26. The molecule has 0 saturated heterocycles. The van der Waals surface area contributed by atoms with Crippen LogP contribution in [-0.4, -0.2) is 7.05 Å². The van der Waals surface area contributed by atoms with Gasteiger partial charge in [0.2, 0.25) is 0 Å². The third-order valence-corrected chi connectivity index (χ3v) is 2.53. The summed E-state index contributed by atoms with van der Waals surface area (Å²) in [7, 11) is 1.76. The van der Waals surface area contributed by atoms with Crippen LogP contribution in [0.4, 0.5) is 0 Å². The first kappa shape index (κ1) is 9.30. The van der Waals surface area contributed by atoms with E-state index >= 15 is 0 Å². The van der Waals surface area contributed by atoms with Crippen LogP contribution in [0.15, 0.2) is 44.4 Å². The fourth-order valence-corrected chi connectivity index (χ4v) is 1.75. The molecule has 14 heavy (non-hydrogen) atoms. The lowest BCUT2D eigenvalue weighted by molar-refractivity contribution is 0.543. The maximum atomic E-state index is 11.4. The van der Waals surface area contributed by atoms with Crippen LogP contribution in [0.2, 0.25) is 0 Å². The second-order valence-corrected chi connectivity index (χ2v) is 3.79. The van der Waals surface area contributed by atoms with Gasteiger partial charge in [0.25, 0.3) is 0 Å². The van der Waals surface area contributed by atoms with Gasteiger partial charge in [0.1, 0.15) is 10.5 Å². The maximum Gasteiger partial charge on any atom is 0.351 e. The molecule has 1 heterocycles. The molecule has 1 aromatic heterocycles. The van der Waals surface area contributed by atoms with Gasteiger partial charge in [-0.15, -0.1) is 0 Å². The Labute approximate surface area is 85.3 Å². The molecule has 0 aliphatic rings. The summed E-state index contributed by atoms with van der Waals surface area (Å²) < 4.78 is 7.98. The van der Waals surface area contributed by atoms with Gasteiger partial charge in [-0.2, -0.15) is 0 Å². The smallest absolute Gasteiger partial charge is 0.351 e. The molecule has 3 nitrogen and oxygen atoms in total. The summed E-state index contributed by atoms with van der Waals surface area (Å²) in [6, 6.07) is 9.27. The predicted molar refractivity (Wildman–Crippen MR) is 57.4 cm³/mol. The highest BCUT2D eigenvalue weighted by molar-refractivity contribution is 7.97. The molecule has 0 amide bonds. The molecule has 0 atom stereocenters. The molecule has 0 spiro atoms. The average Bonchev–Trinajstić information content (AvgIpc) is 2.19. The largest absolute Gasteiger partial charge is 0.422 e. The third kappa shape index (κ3) is 1.66. The van der Waals surface area contributed by atoms with Gasteiger partial charge < -0.3 is 4.42 Å². The van der Waals surface area contributed by atoms with Crippen molar-refractivity contribution in [3.63, 3.8) is 0 Å². The maximum absolute atomic E-state index is 11.4. The minimum absolute atomic E-state index is 0.303. The standard InChI is InChI=1S/C10H9NO2S/c1-11-14-9-6-7-4-2-3-5-8(7)13-10(9)12/h2-6,11H,1H3. The second kappa shape index (κ2) is 3.86. The van der Waals surface area contributed by atoms with Crippen molar-refractivity contribution >= 4 is 22.9 Å². The molecule has 2 aromatic rings. The summed E-state index contributed by atoms with van der Waals surface area (Å²) in [6.07, 6.45) is 0. The minimum Gasteiger partial charge on any atom is -0.422 e. The van der Waals surface area contributed by atoms with Crippen LogP contribution in [0.1, 0.15) is 0 Å². The highest BCUT2D eigenvalue weighted by Crippen LogP contribution is 2.17. The first-order valence-electron chi connectivity index (χ1n) is 4.18. The fraction of sp³-hybridized carbons (Fsp3) is 0.100. The van der Waals surface area contributed by atoms with Crippen LogP contribution in [-0.2, 0) is 0 Å². The molecule has 0 aliphatic heterocycles. The Bertz CT molecular complexity index is 507. The van der Waals surface area contributed by atoms with Crippen LogP contribution < -0.4 is 10.3 Å². The Morgan fingerprint density at radius 1 is 1.36 bits per heavy atom. The SMILES string of the molecule is CNSc1cc2ccccc2oc1=O. The molecule has 2 rings (SSSR count). The van der Waals surface area contributed by atoms with Crippen LogP contribution in [0.5, 0.6) is 0 Å². The number of nitrogens with one attached hydrogen (secondary N) is 1. The highest BCUT2D eigenvalue weighted by atomic mass is 32.2. The van der Waals surface area contributed by atoms with E-state index in [1.54, 1.807) is 13.1 Å². The molecule has 72 valence electrons. The van der Waals surface area contributed by atoms with E-state index in [1.807, 2.05) is 24.3 Å². The second-order valence-electron chi connectivity index (χ2n) is 2.74. The normalized spacial score (nSPS) is 10.6. The van der Waals surface area contributed by atoms with Gasteiger partial charge in [0, 0.05) is 5.39 Å². The van der Waals surface area contributed by atoms with Gasteiger partial charge in [-0.1, -0.05) is 18.2 Å². The van der Waals surface area contributed by atoms with Crippen molar-refractivity contribution in [1.29, 1.82) is 0 Å². The van der Waals surface area contributed by atoms with E-state index in [9.17, 15) is 4.79 Å². The number of rotatable bonds is 2. The average molecular weight is 207 g/mol. The summed E-state index contributed by atoms with van der Waals surface area (Å²) in [5, 5.41) is 0.935. The summed E-state index contributed by atoms with van der Waals surface area (Å²) in [6.45, 7) is 0. The minimum atomic E-state index is -0.303. The number of fused-ring (bicyclic) bond motifs is 1. The molecule has 0 bridgehead atoms. The molecule has 4 heteroatoms. The molecular formula is C10H9NO2S. The zero-order valence-corrected chi connectivity index (χ0v) is 8.43. The third-order valence-electron chi connectivity index (χ3n) is 1.82. The Kier molecular flexibility index (Phi) is 2.56. The lowest BCUT2D eigenvalue weighted by atomic mass is 10.2. The van der Waals surface area contributed by atoms with Crippen molar-refractivity contribution in [2.75, 3.05) is 7.05 Å². The summed E-state index contributed by atoms with van der Waals surface area (Å²) in [5.41, 5.74) is 0.320. The van der Waals surface area contributed by atoms with E-state index in [4.69, 9.17) is 4.42 Å². The fourth-order valence-electron chi connectivity index (χ4n) is 1.22. The van der Waals surface area contributed by atoms with Gasteiger partial charge in [0.05, 0.1) is 0 Å². The highest BCUT2D eigenvalue weighted by Gasteiger charge is 2.03. The first-order chi connectivity index (χ1) is 6.81. The number of benzene rings is 1. The summed E-state index contributed by atoms with van der Waals surface area (Å²) >= 11 is 1.26. The van der Waals surface area contributed by atoms with Gasteiger partial charge in [-0.05, 0) is 31.1 Å². The van der Waals surface area contributed by atoms with E-state index < -0.39 is 0 Å². The van der Waals surface area contributed by atoms with Crippen LogP contribution >= 0.6 is 11.9 Å². The van der Waals surface area contributed by atoms with Crippen LogP contribution in [0.3, 0.4) is 0 Å². The molecule has 0 aliphatic carbocycles. The molecule has 1 aromatic carbocycles. The Morgan fingerprint density at radius 3 is 2.93 bits per heavy atom. The zero-order chi connectivity index (χ0) is 9.97. The first-order valence-corrected chi connectivity index (χ1v) is 4.99. The molecule has 0 fully saturated rings. The Morgan fingerprint density at radius 2 is 2.14 bits per heavy atom. The van der Waals surface area contributed by atoms with Crippen molar-refractivity contribution in [1.82, 2.24) is 4.72 Å². The number of hydrogen-bond donors (Lipinski definition) is 1. The van der Waals surface area contributed by atoms with Crippen molar-refractivity contribution in [2.24, 2.45) is 0 Å². The lowest BCUT2D eigenvalue weighted by Gasteiger charge is -1.99. The van der Waals surface area contributed by atoms with Crippen molar-refractivity contribution in [3.8, 4) is 0 Å². The molecule has 0 radical (unpaired) electrons. The van der Waals surface area contributed by atoms with E-state index in [1.165, 1.54) is 11.9 Å². The topological polar surface area (TPSA) is 42.2 Å². The molecule has 1 N–H and O–H groups in total. The van der Waals surface area contributed by atoms with E-state index in [-0.39, 0.29) is 5.63 Å². The predicted octanol–water partition coefficient (Wildman–Crippen LogP) is 2.02. The van der Waals surface area contributed by atoms with Crippen molar-refractivity contribution < 1.29 is 4.42 Å². The van der Waals surface area contributed by atoms with Crippen molar-refractivity contribution in [2.45, 2.75) is 4.90 Å². The van der Waals surface area contributed by atoms with Gasteiger partial charge in [0.15, 0.2) is 0 Å². The monoisotopic (exact) mass is 207 g/mol.